The molecule has 0 radical (unpaired) electrons. The molecule has 0 bridgehead atoms. The van der Waals surface area contributed by atoms with Crippen molar-refractivity contribution >= 4 is 0 Å². The fraction of sp³-hybridized carbons (Fsp3) is 0.571. The van der Waals surface area contributed by atoms with E-state index in [1.807, 2.05) is 29.7 Å². The fourth-order valence-electron chi connectivity index (χ4n) is 2.41. The van der Waals surface area contributed by atoms with E-state index < -0.39 is 0 Å². The summed E-state index contributed by atoms with van der Waals surface area (Å²) >= 11 is 0. The molecule has 5 nitrogen and oxygen atoms in total. The van der Waals surface area contributed by atoms with E-state index in [1.165, 1.54) is 16.8 Å². The van der Waals surface area contributed by atoms with Crippen LogP contribution < -0.4 is 5.32 Å². The van der Waals surface area contributed by atoms with Crippen LogP contribution in [0.15, 0.2) is 18.6 Å². The number of hydrogen-bond acceptors (Lipinski definition) is 3. The zero-order chi connectivity index (χ0) is 13.8. The Balaban J connectivity index is 2.19. The summed E-state index contributed by atoms with van der Waals surface area (Å²) in [6.45, 7) is 5.16. The molecule has 2 heterocycles. The maximum absolute atomic E-state index is 4.52. The van der Waals surface area contributed by atoms with Gasteiger partial charge in [0.05, 0.1) is 11.9 Å². The van der Waals surface area contributed by atoms with E-state index >= 15 is 0 Å². The van der Waals surface area contributed by atoms with Crippen LogP contribution in [0.3, 0.4) is 0 Å². The van der Waals surface area contributed by atoms with Crippen LogP contribution in [-0.2, 0) is 26.4 Å². The van der Waals surface area contributed by atoms with Gasteiger partial charge in [0.25, 0.3) is 0 Å². The van der Waals surface area contributed by atoms with Crippen molar-refractivity contribution in [1.82, 2.24) is 24.9 Å². The molecule has 0 aliphatic carbocycles. The predicted molar refractivity (Wildman–Crippen MR) is 76.0 cm³/mol. The van der Waals surface area contributed by atoms with Crippen molar-refractivity contribution in [2.24, 2.45) is 7.05 Å². The molecule has 0 aliphatic heterocycles. The zero-order valence-electron chi connectivity index (χ0n) is 12.2. The van der Waals surface area contributed by atoms with Gasteiger partial charge in [-0.2, -0.15) is 10.2 Å². The van der Waals surface area contributed by atoms with Crippen LogP contribution in [0.1, 0.15) is 36.7 Å². The number of hydrogen-bond donors (Lipinski definition) is 1. The number of aromatic nitrogens is 4. The minimum atomic E-state index is 0.290. The largest absolute Gasteiger partial charge is 0.313 e. The van der Waals surface area contributed by atoms with Crippen molar-refractivity contribution in [3.8, 4) is 0 Å². The molecule has 0 spiro atoms. The van der Waals surface area contributed by atoms with E-state index in [-0.39, 0.29) is 6.04 Å². The highest BCUT2D eigenvalue weighted by molar-refractivity contribution is 5.24. The normalized spacial score (nSPS) is 12.8. The van der Waals surface area contributed by atoms with E-state index in [9.17, 15) is 0 Å². The van der Waals surface area contributed by atoms with Gasteiger partial charge in [-0.1, -0.05) is 6.92 Å². The van der Waals surface area contributed by atoms with Gasteiger partial charge in [-0.15, -0.1) is 0 Å². The molecule has 1 atom stereocenters. The van der Waals surface area contributed by atoms with Crippen molar-refractivity contribution in [1.29, 1.82) is 0 Å². The summed E-state index contributed by atoms with van der Waals surface area (Å²) in [4.78, 5) is 0. The lowest BCUT2D eigenvalue weighted by molar-refractivity contribution is 0.585. The first-order chi connectivity index (χ1) is 9.17. The highest BCUT2D eigenvalue weighted by Crippen LogP contribution is 2.21. The zero-order valence-corrected chi connectivity index (χ0v) is 12.2. The maximum Gasteiger partial charge on any atom is 0.0669 e. The molecular formula is C14H23N5. The van der Waals surface area contributed by atoms with Crippen molar-refractivity contribution in [3.05, 3.63) is 35.4 Å². The average Bonchev–Trinajstić information content (AvgIpc) is 3.01. The molecule has 0 saturated carbocycles. The summed E-state index contributed by atoms with van der Waals surface area (Å²) in [5.74, 6) is 0. The fourth-order valence-corrected chi connectivity index (χ4v) is 2.41. The van der Waals surface area contributed by atoms with Gasteiger partial charge >= 0.3 is 0 Å². The molecule has 2 aromatic heterocycles. The van der Waals surface area contributed by atoms with E-state index in [0.29, 0.717) is 0 Å². The Morgan fingerprint density at radius 1 is 1.32 bits per heavy atom. The van der Waals surface area contributed by atoms with Gasteiger partial charge in [-0.3, -0.25) is 9.36 Å². The Morgan fingerprint density at radius 3 is 2.68 bits per heavy atom. The van der Waals surface area contributed by atoms with Gasteiger partial charge in [-0.05, 0) is 32.4 Å². The smallest absolute Gasteiger partial charge is 0.0669 e. The lowest BCUT2D eigenvalue weighted by atomic mass is 10.0. The summed E-state index contributed by atoms with van der Waals surface area (Å²) in [5.41, 5.74) is 3.72. The second-order valence-electron chi connectivity index (χ2n) is 4.81. The molecule has 104 valence electrons. The molecule has 1 N–H and O–H groups in total. The number of aryl methyl sites for hydroxylation is 3. The Labute approximate surface area is 114 Å². The summed E-state index contributed by atoms with van der Waals surface area (Å²) in [6.07, 6.45) is 8.09. The Kier molecular flexibility index (Phi) is 4.37. The van der Waals surface area contributed by atoms with Crippen LogP contribution in [0.2, 0.25) is 0 Å². The van der Waals surface area contributed by atoms with Crippen LogP contribution in [0.5, 0.6) is 0 Å². The minimum Gasteiger partial charge on any atom is -0.313 e. The van der Waals surface area contributed by atoms with E-state index in [1.54, 1.807) is 0 Å². The predicted octanol–water partition coefficient (Wildman–Crippen LogP) is 1.70. The molecule has 1 unspecified atom stereocenters. The molecule has 0 amide bonds. The van der Waals surface area contributed by atoms with Crippen molar-refractivity contribution in [2.45, 2.75) is 39.3 Å². The highest BCUT2D eigenvalue weighted by atomic mass is 15.3. The van der Waals surface area contributed by atoms with Crippen LogP contribution >= 0.6 is 0 Å². The van der Waals surface area contributed by atoms with Gasteiger partial charge in [0, 0.05) is 37.6 Å². The number of nitrogens with one attached hydrogen (secondary N) is 1. The van der Waals surface area contributed by atoms with Crippen LogP contribution in [0, 0.1) is 0 Å². The SMILES string of the molecule is CCc1nn(C)cc1C(Cc1cnn(CC)c1)NC. The lowest BCUT2D eigenvalue weighted by Gasteiger charge is -2.15. The van der Waals surface area contributed by atoms with Crippen LogP contribution in [0.25, 0.3) is 0 Å². The standard InChI is InChI=1S/C14H23N5/c1-5-13-12(10-18(4)17-13)14(15-3)7-11-8-16-19(6-2)9-11/h8-10,14-15H,5-7H2,1-4H3. The molecule has 0 fully saturated rings. The van der Waals surface area contributed by atoms with E-state index in [0.717, 1.165) is 19.4 Å². The van der Waals surface area contributed by atoms with Gasteiger partial charge in [0.1, 0.15) is 0 Å². The van der Waals surface area contributed by atoms with E-state index in [2.05, 4.69) is 41.8 Å². The third-order valence-corrected chi connectivity index (χ3v) is 3.45. The topological polar surface area (TPSA) is 47.7 Å². The Hall–Kier alpha value is -1.62. The summed E-state index contributed by atoms with van der Waals surface area (Å²) < 4.78 is 3.86. The van der Waals surface area contributed by atoms with Crippen molar-refractivity contribution < 1.29 is 0 Å². The van der Waals surface area contributed by atoms with Crippen molar-refractivity contribution in [3.63, 3.8) is 0 Å². The summed E-state index contributed by atoms with van der Waals surface area (Å²) in [5, 5.41) is 12.2. The van der Waals surface area contributed by atoms with Gasteiger partial charge in [0.2, 0.25) is 0 Å². The molecular weight excluding hydrogens is 238 g/mol. The summed E-state index contributed by atoms with van der Waals surface area (Å²) in [6, 6.07) is 0.290. The second-order valence-corrected chi connectivity index (χ2v) is 4.81. The highest BCUT2D eigenvalue weighted by Gasteiger charge is 2.17. The molecule has 0 aliphatic rings. The van der Waals surface area contributed by atoms with Gasteiger partial charge in [0.15, 0.2) is 0 Å². The number of rotatable bonds is 6. The quantitative estimate of drug-likeness (QED) is 0.861. The van der Waals surface area contributed by atoms with E-state index in [4.69, 9.17) is 0 Å². The molecule has 0 aromatic carbocycles. The van der Waals surface area contributed by atoms with Crippen LogP contribution in [-0.4, -0.2) is 26.6 Å². The monoisotopic (exact) mass is 261 g/mol. The van der Waals surface area contributed by atoms with Crippen LogP contribution in [0.4, 0.5) is 0 Å². The third kappa shape index (κ3) is 3.04. The maximum atomic E-state index is 4.52. The Morgan fingerprint density at radius 2 is 2.11 bits per heavy atom. The lowest BCUT2D eigenvalue weighted by Crippen LogP contribution is -2.19. The minimum absolute atomic E-state index is 0.290. The first-order valence-electron chi connectivity index (χ1n) is 6.88. The molecule has 2 aromatic rings. The molecule has 5 heteroatoms. The van der Waals surface area contributed by atoms with Crippen molar-refractivity contribution in [2.75, 3.05) is 7.05 Å². The van der Waals surface area contributed by atoms with Gasteiger partial charge < -0.3 is 5.32 Å². The number of nitrogens with zero attached hydrogens (tertiary/aromatic N) is 4. The molecule has 2 rings (SSSR count). The Bertz CT molecular complexity index is 526. The average molecular weight is 261 g/mol. The summed E-state index contributed by atoms with van der Waals surface area (Å²) in [7, 11) is 3.98. The third-order valence-electron chi connectivity index (χ3n) is 3.45. The first kappa shape index (κ1) is 13.8. The molecule has 0 saturated heterocycles. The second kappa shape index (κ2) is 6.02. The molecule has 19 heavy (non-hydrogen) atoms. The first-order valence-corrected chi connectivity index (χ1v) is 6.88. The van der Waals surface area contributed by atoms with Gasteiger partial charge in [-0.25, -0.2) is 0 Å². The number of likely N-dealkylation sites (N-methyl/N-ethyl adjacent to an activating group) is 1.